The molecule has 158 valence electrons. The Bertz CT molecular complexity index is 1170. The van der Waals surface area contributed by atoms with Crippen LogP contribution in [0.1, 0.15) is 25.3 Å². The summed E-state index contributed by atoms with van der Waals surface area (Å²) in [7, 11) is 0. The number of aromatic nitrogens is 5. The number of hydrogen-bond donors (Lipinski definition) is 2. The van der Waals surface area contributed by atoms with Gasteiger partial charge < -0.3 is 15.0 Å². The highest BCUT2D eigenvalue weighted by Gasteiger charge is 2.30. The Morgan fingerprint density at radius 2 is 2.32 bits per heavy atom. The molecule has 2 N–H and O–H groups in total. The number of aromatic amines is 1. The van der Waals surface area contributed by atoms with Crippen LogP contribution in [0.5, 0.6) is 0 Å². The molecule has 5 rings (SSSR count). The largest absolute Gasteiger partial charge is 0.377 e. The van der Waals surface area contributed by atoms with Gasteiger partial charge in [0.2, 0.25) is 0 Å². The number of nitriles is 1. The number of pyridine rings is 1. The first-order valence-electron chi connectivity index (χ1n) is 10.6. The number of rotatable bonds is 2. The zero-order chi connectivity index (χ0) is 21.3. The molecule has 3 aromatic rings. The number of anilines is 1. The summed E-state index contributed by atoms with van der Waals surface area (Å²) in [6, 6.07) is 6.50. The molecule has 2 aliphatic heterocycles. The summed E-state index contributed by atoms with van der Waals surface area (Å²) in [5, 5.41) is 25.5. The predicted molar refractivity (Wildman–Crippen MR) is 116 cm³/mol. The highest BCUT2D eigenvalue weighted by molar-refractivity contribution is 5.85. The van der Waals surface area contributed by atoms with Gasteiger partial charge in [-0.15, -0.1) is 0 Å². The molecule has 2 aliphatic rings. The second-order valence-electron chi connectivity index (χ2n) is 8.11. The molecule has 0 spiro atoms. The molecule has 9 nitrogen and oxygen atoms in total. The fourth-order valence-corrected chi connectivity index (χ4v) is 4.17. The van der Waals surface area contributed by atoms with E-state index < -0.39 is 5.41 Å². The molecule has 2 atom stereocenters. The van der Waals surface area contributed by atoms with E-state index in [4.69, 9.17) is 9.72 Å². The first-order valence-corrected chi connectivity index (χ1v) is 10.6. The van der Waals surface area contributed by atoms with E-state index >= 15 is 0 Å². The first-order chi connectivity index (χ1) is 15.2. The highest BCUT2D eigenvalue weighted by atomic mass is 16.5. The van der Waals surface area contributed by atoms with Crippen LogP contribution in [-0.2, 0) is 4.74 Å². The molecule has 0 bridgehead atoms. The van der Waals surface area contributed by atoms with Crippen LogP contribution in [0.15, 0.2) is 24.5 Å². The lowest BCUT2D eigenvalue weighted by molar-refractivity contribution is 0.0985. The van der Waals surface area contributed by atoms with Gasteiger partial charge in [0, 0.05) is 24.7 Å². The minimum atomic E-state index is -0.667. The quantitative estimate of drug-likeness (QED) is 0.611. The Morgan fingerprint density at radius 3 is 3.06 bits per heavy atom. The van der Waals surface area contributed by atoms with Crippen LogP contribution in [0.2, 0.25) is 0 Å². The van der Waals surface area contributed by atoms with Crippen molar-refractivity contribution >= 4 is 16.9 Å². The molecule has 31 heavy (non-hydrogen) atoms. The van der Waals surface area contributed by atoms with Crippen molar-refractivity contribution in [2.75, 3.05) is 37.7 Å². The molecule has 0 aromatic carbocycles. The average molecular weight is 416 g/mol. The van der Waals surface area contributed by atoms with Crippen molar-refractivity contribution < 1.29 is 4.74 Å². The average Bonchev–Trinajstić information content (AvgIpc) is 3.48. The van der Waals surface area contributed by atoms with Gasteiger partial charge in [0.25, 0.3) is 0 Å². The zero-order valence-electron chi connectivity index (χ0n) is 17.4. The van der Waals surface area contributed by atoms with Crippen LogP contribution in [0.4, 0.5) is 5.82 Å². The molecule has 2 fully saturated rings. The molecule has 0 amide bonds. The van der Waals surface area contributed by atoms with Gasteiger partial charge in [0.05, 0.1) is 43.1 Å². The van der Waals surface area contributed by atoms with Crippen LogP contribution in [-0.4, -0.2) is 63.9 Å². The second kappa shape index (κ2) is 8.03. The van der Waals surface area contributed by atoms with E-state index in [-0.39, 0.29) is 6.04 Å². The molecule has 1 unspecified atom stereocenters. The Balaban J connectivity index is 1.65. The molecule has 0 radical (unpaired) electrons. The van der Waals surface area contributed by atoms with Gasteiger partial charge in [-0.25, -0.2) is 4.98 Å². The second-order valence-corrected chi connectivity index (χ2v) is 8.11. The van der Waals surface area contributed by atoms with E-state index in [0.29, 0.717) is 25.4 Å². The van der Waals surface area contributed by atoms with Crippen LogP contribution in [0.3, 0.4) is 0 Å². The smallest absolute Gasteiger partial charge is 0.168 e. The molecule has 5 heterocycles. The lowest BCUT2D eigenvalue weighted by atomic mass is 9.82. The third-order valence-corrected chi connectivity index (χ3v) is 5.94. The van der Waals surface area contributed by atoms with E-state index in [9.17, 15) is 5.26 Å². The lowest BCUT2D eigenvalue weighted by Crippen LogP contribution is -2.44. The van der Waals surface area contributed by atoms with Gasteiger partial charge in [-0.1, -0.05) is 11.8 Å². The molecular formula is C22H24N8O. The Labute approximate surface area is 180 Å². The van der Waals surface area contributed by atoms with Crippen molar-refractivity contribution in [3.63, 3.8) is 0 Å². The number of hydrogen-bond acceptors (Lipinski definition) is 7. The maximum Gasteiger partial charge on any atom is 0.168 e. The normalized spacial score (nSPS) is 23.9. The summed E-state index contributed by atoms with van der Waals surface area (Å²) in [5.41, 5.74) is 0.863. The number of nitrogens with zero attached hydrogens (tertiary/aromatic N) is 6. The minimum absolute atomic E-state index is 0.205. The van der Waals surface area contributed by atoms with Crippen LogP contribution in [0, 0.1) is 28.6 Å². The standard InChI is InChI=1S/C22H24N8O/c1-16-13-31-10-9-29(16)20-11-17(3-6-22(14-23)5-2-7-24-15-22)18-12-26-30(21(18)27-20)19-4-8-25-28-19/h4,8,11-12,16,24H,2,5,7,9-10,13,15H2,1H3,(H,25,28)/t16-,22?/m1/s1. The van der Waals surface area contributed by atoms with Gasteiger partial charge in [-0.3, -0.25) is 5.10 Å². The van der Waals surface area contributed by atoms with Crippen molar-refractivity contribution in [2.24, 2.45) is 5.41 Å². The highest BCUT2D eigenvalue weighted by Crippen LogP contribution is 2.28. The Morgan fingerprint density at radius 1 is 1.39 bits per heavy atom. The zero-order valence-corrected chi connectivity index (χ0v) is 17.4. The van der Waals surface area contributed by atoms with Gasteiger partial charge >= 0.3 is 0 Å². The van der Waals surface area contributed by atoms with Gasteiger partial charge in [-0.2, -0.15) is 20.1 Å². The minimum Gasteiger partial charge on any atom is -0.377 e. The maximum absolute atomic E-state index is 9.80. The van der Waals surface area contributed by atoms with Gasteiger partial charge in [0.15, 0.2) is 11.5 Å². The molecular weight excluding hydrogens is 392 g/mol. The lowest BCUT2D eigenvalue weighted by Gasteiger charge is -2.34. The fourth-order valence-electron chi connectivity index (χ4n) is 4.17. The summed E-state index contributed by atoms with van der Waals surface area (Å²) in [4.78, 5) is 7.17. The number of nitrogens with one attached hydrogen (secondary N) is 2. The van der Waals surface area contributed by atoms with Crippen LogP contribution in [0.25, 0.3) is 16.9 Å². The molecule has 0 aliphatic carbocycles. The topological polar surface area (TPSA) is 108 Å². The SMILES string of the molecule is C[C@@H]1COCCN1c1cc(C#CC2(C#N)CCCNC2)c2cnn(-c3ccn[nH]3)c2n1. The van der Waals surface area contributed by atoms with Crippen LogP contribution >= 0.6 is 0 Å². The molecule has 9 heteroatoms. The maximum atomic E-state index is 9.80. The summed E-state index contributed by atoms with van der Waals surface area (Å²) in [6.07, 6.45) is 5.18. The van der Waals surface area contributed by atoms with Crippen molar-refractivity contribution in [1.82, 2.24) is 30.3 Å². The summed E-state index contributed by atoms with van der Waals surface area (Å²) in [6.45, 7) is 5.72. The van der Waals surface area contributed by atoms with Crippen LogP contribution < -0.4 is 10.2 Å². The van der Waals surface area contributed by atoms with E-state index in [1.807, 2.05) is 12.1 Å². The summed E-state index contributed by atoms with van der Waals surface area (Å²) < 4.78 is 7.34. The number of H-pyrrole nitrogens is 1. The molecule has 3 aromatic heterocycles. The summed E-state index contributed by atoms with van der Waals surface area (Å²) >= 11 is 0. The van der Waals surface area contributed by atoms with E-state index in [0.717, 1.165) is 48.5 Å². The number of piperidine rings is 1. The van der Waals surface area contributed by atoms with Crippen molar-refractivity contribution in [1.29, 1.82) is 5.26 Å². The number of ether oxygens (including phenoxy) is 1. The third kappa shape index (κ3) is 3.63. The summed E-state index contributed by atoms with van der Waals surface area (Å²) in [5.74, 6) is 8.16. The number of fused-ring (bicyclic) bond motifs is 1. The van der Waals surface area contributed by atoms with Crippen molar-refractivity contribution in [2.45, 2.75) is 25.8 Å². The van der Waals surface area contributed by atoms with E-state index in [1.165, 1.54) is 0 Å². The third-order valence-electron chi connectivity index (χ3n) is 5.94. The molecule has 2 saturated heterocycles. The van der Waals surface area contributed by atoms with Gasteiger partial charge in [0.1, 0.15) is 11.2 Å². The van der Waals surface area contributed by atoms with E-state index in [1.54, 1.807) is 17.1 Å². The van der Waals surface area contributed by atoms with Crippen molar-refractivity contribution in [3.05, 3.63) is 30.1 Å². The number of morpholine rings is 1. The Kier molecular flexibility index (Phi) is 5.06. The monoisotopic (exact) mass is 416 g/mol. The molecule has 0 saturated carbocycles. The van der Waals surface area contributed by atoms with Crippen molar-refractivity contribution in [3.8, 4) is 23.7 Å². The van der Waals surface area contributed by atoms with Gasteiger partial charge in [-0.05, 0) is 32.4 Å². The fraction of sp³-hybridized carbons (Fsp3) is 0.455. The van der Waals surface area contributed by atoms with E-state index in [2.05, 4.69) is 50.3 Å². The Hall–Kier alpha value is -3.40. The predicted octanol–water partition coefficient (Wildman–Crippen LogP) is 1.61. The first kappa shape index (κ1) is 19.6.